The molecule has 0 saturated carbocycles. The lowest BCUT2D eigenvalue weighted by atomic mass is 9.86. The average Bonchev–Trinajstić information content (AvgIpc) is 3.04. The Morgan fingerprint density at radius 2 is 2.07 bits per heavy atom. The van der Waals surface area contributed by atoms with Gasteiger partial charge in [-0.2, -0.15) is 5.10 Å². The third-order valence-corrected chi connectivity index (χ3v) is 5.49. The molecule has 2 aliphatic rings. The molecule has 2 aromatic rings. The average molecular weight is 369 g/mol. The number of amides is 1. The van der Waals surface area contributed by atoms with Gasteiger partial charge in [-0.1, -0.05) is 0 Å². The quantitative estimate of drug-likeness (QED) is 0.896. The number of aryl methyl sites for hydroxylation is 2. The van der Waals surface area contributed by atoms with Crippen LogP contribution in [-0.4, -0.2) is 51.8 Å². The van der Waals surface area contributed by atoms with E-state index >= 15 is 0 Å². The van der Waals surface area contributed by atoms with Crippen molar-refractivity contribution in [2.45, 2.75) is 44.1 Å². The Kier molecular flexibility index (Phi) is 5.11. The molecule has 1 saturated heterocycles. The molecule has 0 bridgehead atoms. The number of hydrogen-bond donors (Lipinski definition) is 1. The normalized spacial score (nSPS) is 20.9. The van der Waals surface area contributed by atoms with Crippen molar-refractivity contribution in [1.82, 2.24) is 19.7 Å². The van der Waals surface area contributed by atoms with Crippen molar-refractivity contribution in [2.24, 2.45) is 7.05 Å². The number of ether oxygens (including phenoxy) is 1. The van der Waals surface area contributed by atoms with Crippen molar-refractivity contribution in [1.29, 1.82) is 0 Å². The smallest absolute Gasteiger partial charge is 0.232 e. The molecule has 3 heterocycles. The van der Waals surface area contributed by atoms with E-state index in [4.69, 9.17) is 4.74 Å². The van der Waals surface area contributed by atoms with E-state index in [-0.39, 0.29) is 17.9 Å². The molecule has 1 fully saturated rings. The number of rotatable bonds is 4. The summed E-state index contributed by atoms with van der Waals surface area (Å²) in [6, 6.07) is 3.63. The Morgan fingerprint density at radius 1 is 1.26 bits per heavy atom. The highest BCUT2D eigenvalue weighted by Crippen LogP contribution is 2.32. The van der Waals surface area contributed by atoms with E-state index in [1.807, 2.05) is 25.4 Å². The molecular formula is C20H27N5O2. The minimum atomic E-state index is -0.145. The van der Waals surface area contributed by atoms with E-state index in [1.165, 1.54) is 0 Å². The Bertz CT molecular complexity index is 810. The largest absolute Gasteiger partial charge is 0.474 e. The summed E-state index contributed by atoms with van der Waals surface area (Å²) in [5, 5.41) is 7.52. The van der Waals surface area contributed by atoms with E-state index in [2.05, 4.69) is 27.3 Å². The molecule has 27 heavy (non-hydrogen) atoms. The van der Waals surface area contributed by atoms with E-state index in [9.17, 15) is 4.79 Å². The van der Waals surface area contributed by atoms with Gasteiger partial charge in [0.1, 0.15) is 6.10 Å². The first-order valence-corrected chi connectivity index (χ1v) is 9.73. The Balaban J connectivity index is 1.42. The van der Waals surface area contributed by atoms with Crippen LogP contribution < -0.4 is 10.1 Å². The van der Waals surface area contributed by atoms with Crippen LogP contribution >= 0.6 is 0 Å². The van der Waals surface area contributed by atoms with Crippen molar-refractivity contribution < 1.29 is 9.53 Å². The standard InChI is InChI=1S/C20H27N5O2/c1-24-10-7-15(8-11-24)27-19-12-14(6-9-21-19)22-20(26)16-4-3-5-18-17(16)13-25(2)23-18/h6,9,12-13,15-16H,3-5,7-8,10-11H2,1-2H3,(H,21,22,26). The van der Waals surface area contributed by atoms with Gasteiger partial charge in [0, 0.05) is 49.8 Å². The van der Waals surface area contributed by atoms with Gasteiger partial charge < -0.3 is 15.0 Å². The van der Waals surface area contributed by atoms with Crippen molar-refractivity contribution in [3.8, 4) is 5.88 Å². The topological polar surface area (TPSA) is 72.3 Å². The summed E-state index contributed by atoms with van der Waals surface area (Å²) < 4.78 is 7.83. The molecule has 144 valence electrons. The summed E-state index contributed by atoms with van der Waals surface area (Å²) in [5.41, 5.74) is 2.83. The first kappa shape index (κ1) is 18.0. The van der Waals surface area contributed by atoms with Crippen molar-refractivity contribution in [3.05, 3.63) is 35.8 Å². The number of pyridine rings is 1. The highest BCUT2D eigenvalue weighted by molar-refractivity contribution is 5.96. The first-order valence-electron chi connectivity index (χ1n) is 9.73. The van der Waals surface area contributed by atoms with E-state index in [1.54, 1.807) is 10.9 Å². The number of nitrogens with one attached hydrogen (secondary N) is 1. The summed E-state index contributed by atoms with van der Waals surface area (Å²) in [6.07, 6.45) is 8.65. The predicted molar refractivity (Wildman–Crippen MR) is 103 cm³/mol. The Hall–Kier alpha value is -2.41. The van der Waals surface area contributed by atoms with E-state index in [0.717, 1.165) is 62.1 Å². The van der Waals surface area contributed by atoms with Crippen LogP contribution in [0.15, 0.2) is 24.5 Å². The number of fused-ring (bicyclic) bond motifs is 1. The maximum Gasteiger partial charge on any atom is 0.232 e. The minimum Gasteiger partial charge on any atom is -0.474 e. The van der Waals surface area contributed by atoms with Crippen LogP contribution in [0.4, 0.5) is 5.69 Å². The lowest BCUT2D eigenvalue weighted by Gasteiger charge is -2.29. The molecule has 1 amide bonds. The SMILES string of the molecule is CN1CCC(Oc2cc(NC(=O)C3CCCc4nn(C)cc43)ccn2)CC1. The molecule has 2 aromatic heterocycles. The number of carbonyl (C=O) groups is 1. The molecule has 0 aromatic carbocycles. The van der Waals surface area contributed by atoms with Gasteiger partial charge in [0.15, 0.2) is 0 Å². The predicted octanol–water partition coefficient (Wildman–Crippen LogP) is 2.35. The molecular weight excluding hydrogens is 342 g/mol. The second kappa shape index (κ2) is 7.68. The number of anilines is 1. The highest BCUT2D eigenvalue weighted by atomic mass is 16.5. The van der Waals surface area contributed by atoms with Crippen LogP contribution in [0.3, 0.4) is 0 Å². The first-order chi connectivity index (χ1) is 13.1. The second-order valence-electron chi connectivity index (χ2n) is 7.64. The van der Waals surface area contributed by atoms with Crippen molar-refractivity contribution >= 4 is 11.6 Å². The summed E-state index contributed by atoms with van der Waals surface area (Å²) >= 11 is 0. The fourth-order valence-corrected chi connectivity index (χ4v) is 3.99. The van der Waals surface area contributed by atoms with Crippen LogP contribution in [0, 0.1) is 0 Å². The molecule has 7 nitrogen and oxygen atoms in total. The molecule has 1 unspecified atom stereocenters. The molecule has 1 N–H and O–H groups in total. The van der Waals surface area contributed by atoms with Crippen LogP contribution in [0.25, 0.3) is 0 Å². The Morgan fingerprint density at radius 3 is 2.89 bits per heavy atom. The number of nitrogens with zero attached hydrogens (tertiary/aromatic N) is 4. The van der Waals surface area contributed by atoms with Gasteiger partial charge in [0.25, 0.3) is 0 Å². The number of hydrogen-bond acceptors (Lipinski definition) is 5. The van der Waals surface area contributed by atoms with Gasteiger partial charge >= 0.3 is 0 Å². The van der Waals surface area contributed by atoms with Crippen molar-refractivity contribution in [3.63, 3.8) is 0 Å². The van der Waals surface area contributed by atoms with Crippen LogP contribution in [0.5, 0.6) is 5.88 Å². The fraction of sp³-hybridized carbons (Fsp3) is 0.550. The van der Waals surface area contributed by atoms with Gasteiger partial charge in [0.05, 0.1) is 11.6 Å². The van der Waals surface area contributed by atoms with Crippen molar-refractivity contribution in [2.75, 3.05) is 25.5 Å². The van der Waals surface area contributed by atoms with Crippen LogP contribution in [-0.2, 0) is 18.3 Å². The van der Waals surface area contributed by atoms with E-state index in [0.29, 0.717) is 5.88 Å². The molecule has 1 aliphatic heterocycles. The maximum atomic E-state index is 12.9. The molecule has 1 atom stereocenters. The summed E-state index contributed by atoms with van der Waals surface area (Å²) in [5.74, 6) is 0.447. The molecule has 7 heteroatoms. The van der Waals surface area contributed by atoms with Crippen LogP contribution in [0.2, 0.25) is 0 Å². The van der Waals surface area contributed by atoms with Gasteiger partial charge in [-0.05, 0) is 45.2 Å². The molecule has 4 rings (SSSR count). The van der Waals surface area contributed by atoms with Gasteiger partial charge in [-0.25, -0.2) is 4.98 Å². The zero-order chi connectivity index (χ0) is 18.8. The summed E-state index contributed by atoms with van der Waals surface area (Å²) in [7, 11) is 4.03. The van der Waals surface area contributed by atoms with Crippen LogP contribution in [0.1, 0.15) is 42.9 Å². The number of likely N-dealkylation sites (tertiary alicyclic amines) is 1. The number of carbonyl (C=O) groups excluding carboxylic acids is 1. The maximum absolute atomic E-state index is 12.9. The second-order valence-corrected chi connectivity index (χ2v) is 7.64. The summed E-state index contributed by atoms with van der Waals surface area (Å²) in [4.78, 5) is 19.5. The lowest BCUT2D eigenvalue weighted by Crippen LogP contribution is -2.35. The monoisotopic (exact) mass is 369 g/mol. The third kappa shape index (κ3) is 4.13. The number of piperidine rings is 1. The highest BCUT2D eigenvalue weighted by Gasteiger charge is 2.29. The van der Waals surface area contributed by atoms with E-state index < -0.39 is 0 Å². The van der Waals surface area contributed by atoms with Gasteiger partial charge in [0.2, 0.25) is 11.8 Å². The molecule has 0 radical (unpaired) electrons. The molecule has 0 spiro atoms. The minimum absolute atomic E-state index is 0.0143. The van der Waals surface area contributed by atoms with Gasteiger partial charge in [-0.15, -0.1) is 0 Å². The Labute approximate surface area is 159 Å². The van der Waals surface area contributed by atoms with Gasteiger partial charge in [-0.3, -0.25) is 9.48 Å². The fourth-order valence-electron chi connectivity index (χ4n) is 3.99. The molecule has 1 aliphatic carbocycles. The summed E-state index contributed by atoms with van der Waals surface area (Å²) in [6.45, 7) is 2.08. The zero-order valence-corrected chi connectivity index (χ0v) is 16.0. The number of aromatic nitrogens is 3. The lowest BCUT2D eigenvalue weighted by molar-refractivity contribution is -0.117. The third-order valence-electron chi connectivity index (χ3n) is 5.49. The zero-order valence-electron chi connectivity index (χ0n) is 16.0.